The first-order valence-electron chi connectivity index (χ1n) is 7.89. The van der Waals surface area contributed by atoms with Crippen LogP contribution in [0.25, 0.3) is 0 Å². The molecule has 0 aliphatic carbocycles. The van der Waals surface area contributed by atoms with Crippen molar-refractivity contribution in [1.82, 2.24) is 0 Å². The van der Waals surface area contributed by atoms with Gasteiger partial charge in [0.25, 0.3) is 0 Å². The molecule has 0 radical (unpaired) electrons. The number of halogens is 2. The van der Waals surface area contributed by atoms with Crippen molar-refractivity contribution in [2.75, 3.05) is 11.4 Å². The van der Waals surface area contributed by atoms with Crippen molar-refractivity contribution in [3.05, 3.63) is 57.6 Å². The number of esters is 1. The monoisotopic (exact) mass is 377 g/mol. The SMILES string of the molecule is Cc1cc(C)cc(OC(=O)[C@@H]2CC(=O)N(c3cc(Cl)ccc3Cl)C2)c1. The first-order chi connectivity index (χ1) is 11.8. The lowest BCUT2D eigenvalue weighted by atomic mass is 10.1. The number of aryl methyl sites for hydroxylation is 2. The Morgan fingerprint density at radius 1 is 1.12 bits per heavy atom. The molecule has 0 N–H and O–H groups in total. The molecule has 130 valence electrons. The van der Waals surface area contributed by atoms with Crippen LogP contribution in [0.1, 0.15) is 17.5 Å². The van der Waals surface area contributed by atoms with E-state index < -0.39 is 11.9 Å². The second-order valence-electron chi connectivity index (χ2n) is 6.25. The molecule has 1 atom stereocenters. The molecule has 0 bridgehead atoms. The zero-order valence-corrected chi connectivity index (χ0v) is 15.4. The van der Waals surface area contributed by atoms with E-state index in [1.807, 2.05) is 19.9 Å². The predicted molar refractivity (Wildman–Crippen MR) is 98.5 cm³/mol. The van der Waals surface area contributed by atoms with Crippen LogP contribution in [0.4, 0.5) is 5.69 Å². The summed E-state index contributed by atoms with van der Waals surface area (Å²) in [5.41, 5.74) is 2.54. The number of nitrogens with zero attached hydrogens (tertiary/aromatic N) is 1. The van der Waals surface area contributed by atoms with E-state index in [2.05, 4.69) is 0 Å². The topological polar surface area (TPSA) is 46.6 Å². The molecule has 25 heavy (non-hydrogen) atoms. The van der Waals surface area contributed by atoms with Crippen LogP contribution in [-0.2, 0) is 9.59 Å². The highest BCUT2D eigenvalue weighted by Gasteiger charge is 2.37. The van der Waals surface area contributed by atoms with Gasteiger partial charge in [0.15, 0.2) is 0 Å². The molecular formula is C19H17Cl2NO3. The number of rotatable bonds is 3. The molecule has 1 aliphatic rings. The molecule has 4 nitrogen and oxygen atoms in total. The number of carbonyl (C=O) groups excluding carboxylic acids is 2. The summed E-state index contributed by atoms with van der Waals surface area (Å²) >= 11 is 12.2. The molecular weight excluding hydrogens is 361 g/mol. The second-order valence-corrected chi connectivity index (χ2v) is 7.09. The normalized spacial score (nSPS) is 17.0. The van der Waals surface area contributed by atoms with Crippen LogP contribution in [-0.4, -0.2) is 18.4 Å². The number of ether oxygens (including phenoxy) is 1. The van der Waals surface area contributed by atoms with E-state index in [4.69, 9.17) is 27.9 Å². The van der Waals surface area contributed by atoms with Gasteiger partial charge in [-0.3, -0.25) is 9.59 Å². The highest BCUT2D eigenvalue weighted by Crippen LogP contribution is 2.34. The first-order valence-corrected chi connectivity index (χ1v) is 8.64. The quantitative estimate of drug-likeness (QED) is 0.581. The molecule has 1 heterocycles. The minimum absolute atomic E-state index is 0.0898. The summed E-state index contributed by atoms with van der Waals surface area (Å²) in [6.45, 7) is 4.10. The lowest BCUT2D eigenvalue weighted by Gasteiger charge is -2.18. The van der Waals surface area contributed by atoms with Crippen molar-refractivity contribution < 1.29 is 14.3 Å². The largest absolute Gasteiger partial charge is 0.426 e. The number of carbonyl (C=O) groups is 2. The molecule has 1 amide bonds. The molecule has 2 aromatic carbocycles. The van der Waals surface area contributed by atoms with Gasteiger partial charge in [0, 0.05) is 18.0 Å². The Labute approximate surface area is 156 Å². The summed E-state index contributed by atoms with van der Waals surface area (Å²) in [4.78, 5) is 26.3. The van der Waals surface area contributed by atoms with E-state index in [0.29, 0.717) is 21.5 Å². The van der Waals surface area contributed by atoms with Crippen LogP contribution in [0.5, 0.6) is 5.75 Å². The summed E-state index contributed by atoms with van der Waals surface area (Å²) in [6, 6.07) is 10.5. The Bertz CT molecular complexity index is 830. The van der Waals surface area contributed by atoms with E-state index in [-0.39, 0.29) is 18.9 Å². The van der Waals surface area contributed by atoms with Gasteiger partial charge in [0.2, 0.25) is 5.91 Å². The van der Waals surface area contributed by atoms with Crippen molar-refractivity contribution in [2.45, 2.75) is 20.3 Å². The molecule has 0 aromatic heterocycles. The van der Waals surface area contributed by atoms with Gasteiger partial charge in [-0.2, -0.15) is 0 Å². The number of benzene rings is 2. The zero-order valence-electron chi connectivity index (χ0n) is 13.9. The fourth-order valence-electron chi connectivity index (χ4n) is 2.98. The highest BCUT2D eigenvalue weighted by atomic mass is 35.5. The van der Waals surface area contributed by atoms with Gasteiger partial charge in [-0.1, -0.05) is 29.3 Å². The second kappa shape index (κ2) is 7.06. The van der Waals surface area contributed by atoms with Gasteiger partial charge in [0.1, 0.15) is 5.75 Å². The van der Waals surface area contributed by atoms with E-state index in [0.717, 1.165) is 11.1 Å². The fraction of sp³-hybridized carbons (Fsp3) is 0.263. The average molecular weight is 378 g/mol. The van der Waals surface area contributed by atoms with Gasteiger partial charge in [0.05, 0.1) is 16.6 Å². The summed E-state index contributed by atoms with van der Waals surface area (Å²) in [5, 5.41) is 0.898. The number of anilines is 1. The number of amides is 1. The van der Waals surface area contributed by atoms with Crippen molar-refractivity contribution in [1.29, 1.82) is 0 Å². The third kappa shape index (κ3) is 3.97. The molecule has 0 saturated carbocycles. The summed E-state index contributed by atoms with van der Waals surface area (Å²) in [7, 11) is 0. The van der Waals surface area contributed by atoms with Gasteiger partial charge in [-0.05, 0) is 55.3 Å². The van der Waals surface area contributed by atoms with Crippen LogP contribution < -0.4 is 9.64 Å². The Kier molecular flexibility index (Phi) is 5.02. The van der Waals surface area contributed by atoms with E-state index in [1.54, 1.807) is 30.3 Å². The predicted octanol–water partition coefficient (Wildman–Crippen LogP) is 4.57. The Balaban J connectivity index is 1.75. The van der Waals surface area contributed by atoms with E-state index in [9.17, 15) is 9.59 Å². The summed E-state index contributed by atoms with van der Waals surface area (Å²) < 4.78 is 5.47. The maximum atomic E-state index is 12.5. The third-order valence-electron chi connectivity index (χ3n) is 4.07. The first kappa shape index (κ1) is 17.8. The Morgan fingerprint density at radius 3 is 2.48 bits per heavy atom. The summed E-state index contributed by atoms with van der Waals surface area (Å²) in [6.07, 6.45) is 0.0898. The molecule has 1 saturated heterocycles. The van der Waals surface area contributed by atoms with E-state index >= 15 is 0 Å². The van der Waals surface area contributed by atoms with E-state index in [1.165, 1.54) is 4.90 Å². The smallest absolute Gasteiger partial charge is 0.316 e. The van der Waals surface area contributed by atoms with Crippen molar-refractivity contribution in [3.63, 3.8) is 0 Å². The van der Waals surface area contributed by atoms with Crippen LogP contribution in [0, 0.1) is 19.8 Å². The number of hydrogen-bond acceptors (Lipinski definition) is 3. The summed E-state index contributed by atoms with van der Waals surface area (Å²) in [5.74, 6) is -0.636. The maximum Gasteiger partial charge on any atom is 0.316 e. The Hall–Kier alpha value is -2.04. The van der Waals surface area contributed by atoms with Crippen LogP contribution in [0.2, 0.25) is 10.0 Å². The number of hydrogen-bond donors (Lipinski definition) is 0. The average Bonchev–Trinajstić information content (AvgIpc) is 2.90. The molecule has 6 heteroatoms. The maximum absolute atomic E-state index is 12.5. The third-order valence-corrected chi connectivity index (χ3v) is 4.63. The van der Waals surface area contributed by atoms with Crippen LogP contribution in [0.15, 0.2) is 36.4 Å². The molecule has 0 spiro atoms. The van der Waals surface area contributed by atoms with Gasteiger partial charge < -0.3 is 9.64 Å². The van der Waals surface area contributed by atoms with Crippen LogP contribution in [0.3, 0.4) is 0 Å². The lowest BCUT2D eigenvalue weighted by Crippen LogP contribution is -2.27. The van der Waals surface area contributed by atoms with Crippen molar-refractivity contribution >= 4 is 40.8 Å². The molecule has 1 aliphatic heterocycles. The van der Waals surface area contributed by atoms with Gasteiger partial charge in [-0.25, -0.2) is 0 Å². The molecule has 2 aromatic rings. The van der Waals surface area contributed by atoms with Crippen molar-refractivity contribution in [3.8, 4) is 5.75 Å². The van der Waals surface area contributed by atoms with Gasteiger partial charge >= 0.3 is 5.97 Å². The molecule has 0 unspecified atom stereocenters. The minimum atomic E-state index is -0.539. The molecule has 3 rings (SSSR count). The fourth-order valence-corrected chi connectivity index (χ4v) is 3.37. The highest BCUT2D eigenvalue weighted by molar-refractivity contribution is 6.35. The standard InChI is InChI=1S/C19H17Cl2NO3/c1-11-5-12(2)7-15(6-11)25-19(24)13-8-18(23)22(10-13)17-9-14(20)3-4-16(17)21/h3-7,9,13H,8,10H2,1-2H3/t13-/m1/s1. The van der Waals surface area contributed by atoms with Crippen molar-refractivity contribution in [2.24, 2.45) is 5.92 Å². The Morgan fingerprint density at radius 2 is 1.80 bits per heavy atom. The van der Waals surface area contributed by atoms with Crippen LogP contribution >= 0.6 is 23.2 Å². The minimum Gasteiger partial charge on any atom is -0.426 e. The van der Waals surface area contributed by atoms with Gasteiger partial charge in [-0.15, -0.1) is 0 Å². The lowest BCUT2D eigenvalue weighted by molar-refractivity contribution is -0.139. The zero-order chi connectivity index (χ0) is 18.1. The molecule has 1 fully saturated rings.